The van der Waals surface area contributed by atoms with E-state index in [1.807, 2.05) is 33.8 Å². The van der Waals surface area contributed by atoms with Crippen LogP contribution in [0.5, 0.6) is 5.75 Å². The Kier molecular flexibility index (Phi) is 5.21. The fourth-order valence-corrected chi connectivity index (χ4v) is 2.55. The Morgan fingerprint density at radius 2 is 2.00 bits per heavy atom. The highest BCUT2D eigenvalue weighted by molar-refractivity contribution is 5.85. The molecule has 0 fully saturated rings. The van der Waals surface area contributed by atoms with Crippen LogP contribution in [0.25, 0.3) is 11.0 Å². The lowest BCUT2D eigenvalue weighted by Crippen LogP contribution is -2.35. The number of carbonyl (C=O) groups excluding carboxylic acids is 1. The van der Waals surface area contributed by atoms with Crippen LogP contribution in [0.4, 0.5) is 0 Å². The van der Waals surface area contributed by atoms with Gasteiger partial charge >= 0.3 is 11.6 Å². The van der Waals surface area contributed by atoms with Crippen LogP contribution in [-0.4, -0.2) is 12.0 Å². The molecule has 1 aromatic heterocycles. The highest BCUT2D eigenvalue weighted by Crippen LogP contribution is 2.28. The standard InChI is InChI=1S/C18H23NO4/c1-5-12-8-13-11(4)7-17(20)22-16(13)9-15(12)23-18(21)14(19)6-10(2)3/h7-10,14H,5-6,19H2,1-4H3. The zero-order valence-corrected chi connectivity index (χ0v) is 14.0. The van der Waals surface area contributed by atoms with Gasteiger partial charge in [0.1, 0.15) is 17.4 Å². The second-order valence-corrected chi connectivity index (χ2v) is 6.22. The molecule has 0 bridgehead atoms. The minimum atomic E-state index is -0.667. The molecular weight excluding hydrogens is 294 g/mol. The SMILES string of the molecule is CCc1cc2c(C)cc(=O)oc2cc1OC(=O)C(N)CC(C)C. The van der Waals surface area contributed by atoms with Gasteiger partial charge in [-0.1, -0.05) is 20.8 Å². The van der Waals surface area contributed by atoms with Crippen LogP contribution in [0, 0.1) is 12.8 Å². The maximum absolute atomic E-state index is 12.1. The molecule has 0 amide bonds. The van der Waals surface area contributed by atoms with E-state index in [-0.39, 0.29) is 0 Å². The summed E-state index contributed by atoms with van der Waals surface area (Å²) >= 11 is 0. The molecule has 1 unspecified atom stereocenters. The summed E-state index contributed by atoms with van der Waals surface area (Å²) in [6.07, 6.45) is 1.25. The van der Waals surface area contributed by atoms with Crippen LogP contribution >= 0.6 is 0 Å². The smallest absolute Gasteiger partial charge is 0.336 e. The summed E-state index contributed by atoms with van der Waals surface area (Å²) in [5.41, 5.74) is 7.57. The van der Waals surface area contributed by atoms with Gasteiger partial charge in [-0.25, -0.2) is 9.59 Å². The predicted octanol–water partition coefficient (Wildman–Crippen LogP) is 2.94. The van der Waals surface area contributed by atoms with Gasteiger partial charge in [0.15, 0.2) is 0 Å². The normalized spacial score (nSPS) is 12.6. The summed E-state index contributed by atoms with van der Waals surface area (Å²) < 4.78 is 10.7. The summed E-state index contributed by atoms with van der Waals surface area (Å²) in [6.45, 7) is 7.82. The van der Waals surface area contributed by atoms with Gasteiger partial charge in [-0.15, -0.1) is 0 Å². The van der Waals surface area contributed by atoms with Gasteiger partial charge in [0.05, 0.1) is 0 Å². The molecule has 0 saturated carbocycles. The van der Waals surface area contributed by atoms with E-state index in [0.29, 0.717) is 30.1 Å². The Hall–Kier alpha value is -2.14. The molecule has 0 aliphatic heterocycles. The number of rotatable bonds is 5. The van der Waals surface area contributed by atoms with Crippen LogP contribution in [0.15, 0.2) is 27.4 Å². The fraction of sp³-hybridized carbons (Fsp3) is 0.444. The lowest BCUT2D eigenvalue weighted by Gasteiger charge is -2.15. The summed E-state index contributed by atoms with van der Waals surface area (Å²) in [5.74, 6) is 0.237. The molecule has 2 rings (SSSR count). The van der Waals surface area contributed by atoms with Gasteiger partial charge in [0.25, 0.3) is 0 Å². The molecule has 2 N–H and O–H groups in total. The summed E-state index contributed by atoms with van der Waals surface area (Å²) in [4.78, 5) is 23.7. The monoisotopic (exact) mass is 317 g/mol. The number of aryl methyl sites for hydroxylation is 2. The average molecular weight is 317 g/mol. The zero-order chi connectivity index (χ0) is 17.1. The number of benzene rings is 1. The van der Waals surface area contributed by atoms with E-state index >= 15 is 0 Å². The molecule has 5 heteroatoms. The molecule has 1 aromatic carbocycles. The van der Waals surface area contributed by atoms with Crippen molar-refractivity contribution in [1.29, 1.82) is 0 Å². The third-order valence-electron chi connectivity index (χ3n) is 3.75. The van der Waals surface area contributed by atoms with Crippen molar-refractivity contribution < 1.29 is 13.9 Å². The molecular formula is C18H23NO4. The number of esters is 1. The van der Waals surface area contributed by atoms with Crippen molar-refractivity contribution in [3.63, 3.8) is 0 Å². The van der Waals surface area contributed by atoms with E-state index in [1.54, 1.807) is 6.07 Å². The van der Waals surface area contributed by atoms with Crippen molar-refractivity contribution in [3.8, 4) is 5.75 Å². The minimum absolute atomic E-state index is 0.306. The largest absolute Gasteiger partial charge is 0.425 e. The Bertz CT molecular complexity index is 776. The van der Waals surface area contributed by atoms with Crippen molar-refractivity contribution in [2.24, 2.45) is 11.7 Å². The Labute approximate surface area is 135 Å². The van der Waals surface area contributed by atoms with Gasteiger partial charge in [-0.2, -0.15) is 0 Å². The quantitative estimate of drug-likeness (QED) is 0.521. The third kappa shape index (κ3) is 3.99. The Balaban J connectivity index is 2.40. The Morgan fingerprint density at radius 3 is 2.61 bits per heavy atom. The van der Waals surface area contributed by atoms with Gasteiger partial charge in [0.2, 0.25) is 0 Å². The van der Waals surface area contributed by atoms with E-state index < -0.39 is 17.6 Å². The minimum Gasteiger partial charge on any atom is -0.425 e. The van der Waals surface area contributed by atoms with Crippen LogP contribution < -0.4 is 16.1 Å². The van der Waals surface area contributed by atoms with Crippen molar-refractivity contribution in [2.75, 3.05) is 0 Å². The molecule has 0 saturated heterocycles. The second kappa shape index (κ2) is 6.96. The number of ether oxygens (including phenoxy) is 1. The maximum Gasteiger partial charge on any atom is 0.336 e. The van der Waals surface area contributed by atoms with Gasteiger partial charge in [0, 0.05) is 17.5 Å². The van der Waals surface area contributed by atoms with Gasteiger partial charge in [-0.05, 0) is 42.9 Å². The summed E-state index contributed by atoms with van der Waals surface area (Å²) in [7, 11) is 0. The van der Waals surface area contributed by atoms with Crippen molar-refractivity contribution in [3.05, 3.63) is 39.7 Å². The summed E-state index contributed by atoms with van der Waals surface area (Å²) in [5, 5.41) is 0.840. The predicted molar refractivity (Wildman–Crippen MR) is 89.7 cm³/mol. The van der Waals surface area contributed by atoms with Crippen molar-refractivity contribution >= 4 is 16.9 Å². The molecule has 5 nitrogen and oxygen atoms in total. The molecule has 124 valence electrons. The molecule has 0 aliphatic rings. The molecule has 0 spiro atoms. The first-order chi connectivity index (χ1) is 10.8. The topological polar surface area (TPSA) is 82.5 Å². The first-order valence-corrected chi connectivity index (χ1v) is 7.86. The third-order valence-corrected chi connectivity index (χ3v) is 3.75. The molecule has 1 heterocycles. The highest BCUT2D eigenvalue weighted by atomic mass is 16.5. The van der Waals surface area contributed by atoms with Gasteiger partial charge < -0.3 is 14.9 Å². The van der Waals surface area contributed by atoms with Crippen molar-refractivity contribution in [1.82, 2.24) is 0 Å². The van der Waals surface area contributed by atoms with E-state index in [1.165, 1.54) is 6.07 Å². The first kappa shape index (κ1) is 17.2. The molecule has 0 radical (unpaired) electrons. The first-order valence-electron chi connectivity index (χ1n) is 7.86. The number of carbonyl (C=O) groups is 1. The van der Waals surface area contributed by atoms with Crippen LogP contribution in [0.1, 0.15) is 38.3 Å². The lowest BCUT2D eigenvalue weighted by molar-refractivity contribution is -0.136. The van der Waals surface area contributed by atoms with Crippen LogP contribution in [0.3, 0.4) is 0 Å². The molecule has 23 heavy (non-hydrogen) atoms. The number of hydrogen-bond acceptors (Lipinski definition) is 5. The van der Waals surface area contributed by atoms with Crippen LogP contribution in [-0.2, 0) is 11.2 Å². The lowest BCUT2D eigenvalue weighted by atomic mass is 10.0. The van der Waals surface area contributed by atoms with Gasteiger partial charge in [-0.3, -0.25) is 0 Å². The highest BCUT2D eigenvalue weighted by Gasteiger charge is 2.19. The van der Waals surface area contributed by atoms with E-state index in [2.05, 4.69) is 0 Å². The van der Waals surface area contributed by atoms with Crippen LogP contribution in [0.2, 0.25) is 0 Å². The fourth-order valence-electron chi connectivity index (χ4n) is 2.55. The van der Waals surface area contributed by atoms with E-state index in [4.69, 9.17) is 14.9 Å². The van der Waals surface area contributed by atoms with Crippen molar-refractivity contribution in [2.45, 2.75) is 46.6 Å². The number of fused-ring (bicyclic) bond motifs is 1. The zero-order valence-electron chi connectivity index (χ0n) is 14.0. The molecule has 1 atom stereocenters. The van der Waals surface area contributed by atoms with E-state index in [9.17, 15) is 9.59 Å². The Morgan fingerprint density at radius 1 is 1.30 bits per heavy atom. The molecule has 2 aromatic rings. The number of hydrogen-bond donors (Lipinski definition) is 1. The van der Waals surface area contributed by atoms with E-state index in [0.717, 1.165) is 16.5 Å². The average Bonchev–Trinajstić information content (AvgIpc) is 2.45. The second-order valence-electron chi connectivity index (χ2n) is 6.22. The molecule has 0 aliphatic carbocycles. The maximum atomic E-state index is 12.1. The summed E-state index contributed by atoms with van der Waals surface area (Å²) in [6, 6.07) is 4.28. The number of nitrogens with two attached hydrogens (primary N) is 1.